The summed E-state index contributed by atoms with van der Waals surface area (Å²) >= 11 is 0. The molecule has 14 heavy (non-hydrogen) atoms. The van der Waals surface area contributed by atoms with Crippen molar-refractivity contribution in [1.82, 2.24) is 10.3 Å². The van der Waals surface area contributed by atoms with Gasteiger partial charge in [-0.25, -0.2) is 0 Å². The van der Waals surface area contributed by atoms with Crippen molar-refractivity contribution >= 4 is 5.57 Å². The largest absolute Gasteiger partial charge is 0.313 e. The topological polar surface area (TPSA) is 24.9 Å². The van der Waals surface area contributed by atoms with Crippen molar-refractivity contribution in [3.8, 4) is 0 Å². The Hall–Kier alpha value is -1.15. The Balaban J connectivity index is 2.32. The summed E-state index contributed by atoms with van der Waals surface area (Å²) in [4.78, 5) is 4.60. The standard InChI is InChI=1S/C12H16N2/c1-9-3-4-12(14-10(9)2)11-5-7-13-8-6-11/h3-5,13H,6-8H2,1-2H3. The van der Waals surface area contributed by atoms with E-state index in [4.69, 9.17) is 0 Å². The summed E-state index contributed by atoms with van der Waals surface area (Å²) in [6.45, 7) is 6.22. The summed E-state index contributed by atoms with van der Waals surface area (Å²) in [6, 6.07) is 4.28. The molecule has 0 fully saturated rings. The number of nitrogens with zero attached hydrogens (tertiary/aromatic N) is 1. The van der Waals surface area contributed by atoms with E-state index in [0.717, 1.165) is 30.9 Å². The maximum atomic E-state index is 4.60. The average Bonchev–Trinajstić information content (AvgIpc) is 2.23. The quantitative estimate of drug-likeness (QED) is 0.729. The third-order valence-electron chi connectivity index (χ3n) is 2.74. The van der Waals surface area contributed by atoms with Gasteiger partial charge >= 0.3 is 0 Å². The number of hydrogen-bond acceptors (Lipinski definition) is 2. The summed E-state index contributed by atoms with van der Waals surface area (Å²) in [6.07, 6.45) is 3.33. The van der Waals surface area contributed by atoms with Crippen LogP contribution in [-0.4, -0.2) is 18.1 Å². The molecule has 74 valence electrons. The third-order valence-corrected chi connectivity index (χ3v) is 2.74. The van der Waals surface area contributed by atoms with Gasteiger partial charge in [-0.15, -0.1) is 0 Å². The molecule has 0 unspecified atom stereocenters. The molecule has 0 saturated heterocycles. The van der Waals surface area contributed by atoms with Gasteiger partial charge in [0.2, 0.25) is 0 Å². The van der Waals surface area contributed by atoms with E-state index < -0.39 is 0 Å². The SMILES string of the molecule is Cc1ccc(C2=CCNCC2)nc1C. The maximum absolute atomic E-state index is 4.60. The molecule has 1 aliphatic rings. The lowest BCUT2D eigenvalue weighted by atomic mass is 10.0. The molecule has 2 rings (SSSR count). The zero-order chi connectivity index (χ0) is 9.97. The average molecular weight is 188 g/mol. The van der Waals surface area contributed by atoms with Crippen LogP contribution in [0.15, 0.2) is 18.2 Å². The molecule has 2 nitrogen and oxygen atoms in total. The smallest absolute Gasteiger partial charge is 0.0662 e. The van der Waals surface area contributed by atoms with Crippen molar-refractivity contribution in [3.63, 3.8) is 0 Å². The van der Waals surface area contributed by atoms with Crippen molar-refractivity contribution < 1.29 is 0 Å². The van der Waals surface area contributed by atoms with Gasteiger partial charge < -0.3 is 5.32 Å². The van der Waals surface area contributed by atoms with E-state index >= 15 is 0 Å². The third kappa shape index (κ3) is 1.85. The number of hydrogen-bond donors (Lipinski definition) is 1. The number of rotatable bonds is 1. The molecule has 0 radical (unpaired) electrons. The zero-order valence-corrected chi connectivity index (χ0v) is 8.80. The minimum absolute atomic E-state index is 0.976. The van der Waals surface area contributed by atoms with Crippen molar-refractivity contribution in [2.45, 2.75) is 20.3 Å². The van der Waals surface area contributed by atoms with E-state index in [-0.39, 0.29) is 0 Å². The fourth-order valence-corrected chi connectivity index (χ4v) is 1.66. The fraction of sp³-hybridized carbons (Fsp3) is 0.417. The predicted molar refractivity (Wildman–Crippen MR) is 59.2 cm³/mol. The van der Waals surface area contributed by atoms with E-state index in [1.807, 2.05) is 0 Å². The lowest BCUT2D eigenvalue weighted by molar-refractivity contribution is 0.736. The van der Waals surface area contributed by atoms with E-state index in [9.17, 15) is 0 Å². The van der Waals surface area contributed by atoms with Crippen molar-refractivity contribution in [1.29, 1.82) is 0 Å². The van der Waals surface area contributed by atoms with Gasteiger partial charge in [-0.1, -0.05) is 12.1 Å². The fourth-order valence-electron chi connectivity index (χ4n) is 1.66. The van der Waals surface area contributed by atoms with Crippen LogP contribution in [0.1, 0.15) is 23.4 Å². The van der Waals surface area contributed by atoms with Crippen LogP contribution in [0.3, 0.4) is 0 Å². The molecule has 0 aromatic carbocycles. The molecule has 0 amide bonds. The summed E-state index contributed by atoms with van der Waals surface area (Å²) in [7, 11) is 0. The van der Waals surface area contributed by atoms with Crippen molar-refractivity contribution in [2.24, 2.45) is 0 Å². The molecule has 0 saturated carbocycles. The maximum Gasteiger partial charge on any atom is 0.0662 e. The predicted octanol–water partition coefficient (Wildman–Crippen LogP) is 2.08. The van der Waals surface area contributed by atoms with Gasteiger partial charge in [-0.2, -0.15) is 0 Å². The number of nitrogens with one attached hydrogen (secondary N) is 1. The van der Waals surface area contributed by atoms with E-state index in [0.29, 0.717) is 0 Å². The highest BCUT2D eigenvalue weighted by molar-refractivity contribution is 5.63. The Morgan fingerprint density at radius 1 is 1.29 bits per heavy atom. The lowest BCUT2D eigenvalue weighted by Gasteiger charge is -2.14. The first kappa shape index (κ1) is 9.41. The number of pyridine rings is 1. The first-order chi connectivity index (χ1) is 6.77. The molecule has 1 aromatic rings. The van der Waals surface area contributed by atoms with Crippen LogP contribution in [0, 0.1) is 13.8 Å². The van der Waals surface area contributed by atoms with Gasteiger partial charge in [-0.3, -0.25) is 4.98 Å². The number of aromatic nitrogens is 1. The Bertz CT molecular complexity index is 367. The van der Waals surface area contributed by atoms with E-state index in [2.05, 4.69) is 42.4 Å². The summed E-state index contributed by atoms with van der Waals surface area (Å²) in [5.74, 6) is 0. The first-order valence-corrected chi connectivity index (χ1v) is 5.12. The van der Waals surface area contributed by atoms with E-state index in [1.165, 1.54) is 11.1 Å². The summed E-state index contributed by atoms with van der Waals surface area (Å²) in [5, 5.41) is 3.31. The van der Waals surface area contributed by atoms with Crippen LogP contribution in [0.25, 0.3) is 5.57 Å². The Labute approximate surface area is 85.1 Å². The van der Waals surface area contributed by atoms with Crippen molar-refractivity contribution in [3.05, 3.63) is 35.2 Å². The second kappa shape index (κ2) is 3.93. The lowest BCUT2D eigenvalue weighted by Crippen LogP contribution is -2.20. The highest BCUT2D eigenvalue weighted by Gasteiger charge is 2.07. The summed E-state index contributed by atoms with van der Waals surface area (Å²) in [5.41, 5.74) is 4.94. The minimum atomic E-state index is 0.976. The first-order valence-electron chi connectivity index (χ1n) is 5.12. The normalized spacial score (nSPS) is 16.6. The highest BCUT2D eigenvalue weighted by Crippen LogP contribution is 2.18. The Morgan fingerprint density at radius 2 is 2.14 bits per heavy atom. The summed E-state index contributed by atoms with van der Waals surface area (Å²) < 4.78 is 0. The van der Waals surface area contributed by atoms with Crippen molar-refractivity contribution in [2.75, 3.05) is 13.1 Å². The second-order valence-corrected chi connectivity index (χ2v) is 3.78. The van der Waals surface area contributed by atoms with Gasteiger partial charge in [0, 0.05) is 12.2 Å². The van der Waals surface area contributed by atoms with Crippen LogP contribution < -0.4 is 5.32 Å². The monoisotopic (exact) mass is 188 g/mol. The molecule has 0 bridgehead atoms. The number of aryl methyl sites for hydroxylation is 2. The molecule has 2 heterocycles. The van der Waals surface area contributed by atoms with Gasteiger partial charge in [0.25, 0.3) is 0 Å². The molecule has 0 spiro atoms. The minimum Gasteiger partial charge on any atom is -0.313 e. The molecule has 1 aliphatic heterocycles. The van der Waals surface area contributed by atoms with Crippen LogP contribution in [0.4, 0.5) is 0 Å². The highest BCUT2D eigenvalue weighted by atomic mass is 14.9. The second-order valence-electron chi connectivity index (χ2n) is 3.78. The van der Waals surface area contributed by atoms with Crippen LogP contribution >= 0.6 is 0 Å². The van der Waals surface area contributed by atoms with Gasteiger partial charge in [-0.05, 0) is 44.0 Å². The molecule has 1 N–H and O–H groups in total. The van der Waals surface area contributed by atoms with Gasteiger partial charge in [0.15, 0.2) is 0 Å². The van der Waals surface area contributed by atoms with Crippen LogP contribution in [0.2, 0.25) is 0 Å². The van der Waals surface area contributed by atoms with Crippen LogP contribution in [0.5, 0.6) is 0 Å². The Morgan fingerprint density at radius 3 is 2.79 bits per heavy atom. The van der Waals surface area contributed by atoms with E-state index in [1.54, 1.807) is 0 Å². The Kier molecular flexibility index (Phi) is 2.64. The van der Waals surface area contributed by atoms with Crippen LogP contribution in [-0.2, 0) is 0 Å². The molecule has 0 aliphatic carbocycles. The van der Waals surface area contributed by atoms with Gasteiger partial charge in [0.05, 0.1) is 5.69 Å². The molecule has 2 heteroatoms. The molecular weight excluding hydrogens is 172 g/mol. The molecule has 0 atom stereocenters. The zero-order valence-electron chi connectivity index (χ0n) is 8.80. The molecular formula is C12H16N2. The molecule has 1 aromatic heterocycles. The van der Waals surface area contributed by atoms with Gasteiger partial charge in [0.1, 0.15) is 0 Å².